The molecule has 2 heterocycles. The highest BCUT2D eigenvalue weighted by atomic mass is 19.4. The number of Topliss-reactive ketones (excluding diaryl/α,β-unsaturated/α-hetero) is 1. The summed E-state index contributed by atoms with van der Waals surface area (Å²) in [6.45, 7) is 6.62. The Labute approximate surface area is 249 Å². The van der Waals surface area contributed by atoms with Gasteiger partial charge in [0.15, 0.2) is 5.78 Å². The number of halogens is 3. The summed E-state index contributed by atoms with van der Waals surface area (Å²) in [6.07, 6.45) is 1.60. The summed E-state index contributed by atoms with van der Waals surface area (Å²) in [6, 6.07) is 8.26. The van der Waals surface area contributed by atoms with Crippen molar-refractivity contribution in [2.45, 2.75) is 83.4 Å². The van der Waals surface area contributed by atoms with Gasteiger partial charge in [0.05, 0.1) is 29.0 Å². The standard InChI is InChI=1S/C33H38F3N3O4/c1-31(2,3)22-11-14-32(15-12-22)27(29(42)28(39-32)20-5-4-6-23(17-20)33(34,35)36)26(19-7-8-19)24-10-9-21(18-38-24)30(43)37-16-13-25(40)41/h4-6,9-10,17-19,22,26-27H,7-8,11-16H2,1-3H3,(H,37,43)(H,40,41). The number of benzene rings is 1. The number of nitrogens with one attached hydrogen (secondary N) is 1. The molecule has 1 amide bonds. The number of pyridine rings is 1. The molecule has 10 heteroatoms. The molecule has 230 valence electrons. The van der Waals surface area contributed by atoms with Gasteiger partial charge in [0.1, 0.15) is 5.71 Å². The third kappa shape index (κ3) is 6.53. The van der Waals surface area contributed by atoms with E-state index in [0.29, 0.717) is 24.5 Å². The number of hydrogen-bond acceptors (Lipinski definition) is 5. The van der Waals surface area contributed by atoms with Crippen LogP contribution in [0, 0.1) is 23.2 Å². The lowest BCUT2D eigenvalue weighted by Gasteiger charge is -2.45. The van der Waals surface area contributed by atoms with Crippen molar-refractivity contribution in [1.29, 1.82) is 0 Å². The van der Waals surface area contributed by atoms with Crippen LogP contribution in [0.25, 0.3) is 0 Å². The molecular weight excluding hydrogens is 559 g/mol. The fourth-order valence-corrected chi connectivity index (χ4v) is 6.95. The van der Waals surface area contributed by atoms with E-state index in [2.05, 4.69) is 31.1 Å². The van der Waals surface area contributed by atoms with Gasteiger partial charge in [-0.05, 0) is 80.0 Å². The van der Waals surface area contributed by atoms with Crippen LogP contribution in [-0.2, 0) is 15.8 Å². The van der Waals surface area contributed by atoms with E-state index in [1.807, 2.05) is 0 Å². The Kier molecular flexibility index (Phi) is 8.26. The monoisotopic (exact) mass is 597 g/mol. The van der Waals surface area contributed by atoms with Gasteiger partial charge in [0.25, 0.3) is 5.91 Å². The van der Waals surface area contributed by atoms with Crippen LogP contribution in [-0.4, -0.2) is 45.5 Å². The van der Waals surface area contributed by atoms with Gasteiger partial charge in [-0.3, -0.25) is 24.4 Å². The topological polar surface area (TPSA) is 109 Å². The van der Waals surface area contributed by atoms with Gasteiger partial charge in [-0.25, -0.2) is 0 Å². The molecule has 43 heavy (non-hydrogen) atoms. The first-order chi connectivity index (χ1) is 20.2. The summed E-state index contributed by atoms with van der Waals surface area (Å²) < 4.78 is 40.8. The molecule has 7 nitrogen and oxygen atoms in total. The van der Waals surface area contributed by atoms with E-state index >= 15 is 0 Å². The van der Waals surface area contributed by atoms with Crippen LogP contribution in [0.3, 0.4) is 0 Å². The molecule has 2 fully saturated rings. The number of rotatable bonds is 8. The Hall–Kier alpha value is -3.56. The van der Waals surface area contributed by atoms with Crippen LogP contribution in [0.15, 0.2) is 47.6 Å². The molecule has 1 spiro atoms. The van der Waals surface area contributed by atoms with Crippen LogP contribution < -0.4 is 5.32 Å². The Balaban J connectivity index is 1.49. The number of carbonyl (C=O) groups excluding carboxylic acids is 2. The van der Waals surface area contributed by atoms with Crippen LogP contribution >= 0.6 is 0 Å². The lowest BCUT2D eigenvalue weighted by molar-refractivity contribution is -0.138. The minimum absolute atomic E-state index is 0.00900. The molecule has 1 aliphatic heterocycles. The molecule has 2 aromatic rings. The van der Waals surface area contributed by atoms with Crippen molar-refractivity contribution in [2.24, 2.45) is 28.2 Å². The number of carboxylic acids is 1. The fourth-order valence-electron chi connectivity index (χ4n) is 6.95. The highest BCUT2D eigenvalue weighted by molar-refractivity contribution is 6.48. The van der Waals surface area contributed by atoms with Crippen molar-refractivity contribution < 1.29 is 32.7 Å². The van der Waals surface area contributed by atoms with E-state index in [-0.39, 0.29) is 52.8 Å². The predicted octanol–water partition coefficient (Wildman–Crippen LogP) is 6.46. The second-order valence-electron chi connectivity index (χ2n) is 13.4. The van der Waals surface area contributed by atoms with Gasteiger partial charge in [-0.1, -0.05) is 32.9 Å². The zero-order chi connectivity index (χ0) is 31.2. The summed E-state index contributed by atoms with van der Waals surface area (Å²) in [5, 5.41) is 11.4. The normalized spacial score (nSPS) is 25.0. The quantitative estimate of drug-likeness (QED) is 0.363. The molecule has 1 aromatic carbocycles. The van der Waals surface area contributed by atoms with E-state index in [9.17, 15) is 27.6 Å². The molecule has 2 unspecified atom stereocenters. The number of aliphatic carboxylic acids is 1. The zero-order valence-corrected chi connectivity index (χ0v) is 24.7. The molecule has 0 bridgehead atoms. The Morgan fingerprint density at radius 3 is 2.33 bits per heavy atom. The summed E-state index contributed by atoms with van der Waals surface area (Å²) in [7, 11) is 0. The molecule has 0 radical (unpaired) electrons. The molecule has 2 atom stereocenters. The van der Waals surface area contributed by atoms with E-state index in [1.54, 1.807) is 12.1 Å². The Morgan fingerprint density at radius 2 is 1.77 bits per heavy atom. The summed E-state index contributed by atoms with van der Waals surface area (Å²) in [4.78, 5) is 47.3. The van der Waals surface area contributed by atoms with Gasteiger partial charge in [0.2, 0.25) is 0 Å². The molecule has 1 aromatic heterocycles. The average Bonchev–Trinajstić information content (AvgIpc) is 3.75. The number of aliphatic imine (C=N–C) groups is 1. The molecule has 2 saturated carbocycles. The first-order valence-corrected chi connectivity index (χ1v) is 15.0. The number of carboxylic acid groups (broad SMARTS) is 1. The molecular formula is C33H38F3N3O4. The van der Waals surface area contributed by atoms with Gasteiger partial charge in [-0.15, -0.1) is 0 Å². The number of ketones is 1. The zero-order valence-electron chi connectivity index (χ0n) is 24.7. The van der Waals surface area contributed by atoms with Gasteiger partial charge >= 0.3 is 12.1 Å². The largest absolute Gasteiger partial charge is 0.481 e. The van der Waals surface area contributed by atoms with E-state index in [1.165, 1.54) is 18.3 Å². The van der Waals surface area contributed by atoms with Crippen molar-refractivity contribution in [3.05, 3.63) is 65.0 Å². The minimum Gasteiger partial charge on any atom is -0.481 e. The maximum atomic E-state index is 14.4. The number of carbonyl (C=O) groups is 3. The number of amides is 1. The number of nitrogens with zero attached hydrogens (tertiary/aromatic N) is 2. The molecule has 2 N–H and O–H groups in total. The van der Waals surface area contributed by atoms with E-state index in [4.69, 9.17) is 10.1 Å². The number of hydrogen-bond donors (Lipinski definition) is 2. The second kappa shape index (κ2) is 11.5. The smallest absolute Gasteiger partial charge is 0.416 e. The summed E-state index contributed by atoms with van der Waals surface area (Å²) >= 11 is 0. The van der Waals surface area contributed by atoms with Crippen LogP contribution in [0.4, 0.5) is 13.2 Å². The molecule has 0 saturated heterocycles. The van der Waals surface area contributed by atoms with Crippen molar-refractivity contribution >= 4 is 23.4 Å². The third-order valence-electron chi connectivity index (χ3n) is 9.47. The Morgan fingerprint density at radius 1 is 1.07 bits per heavy atom. The second-order valence-corrected chi connectivity index (χ2v) is 13.4. The summed E-state index contributed by atoms with van der Waals surface area (Å²) in [5.41, 5.74) is -0.202. The third-order valence-corrected chi connectivity index (χ3v) is 9.47. The predicted molar refractivity (Wildman–Crippen MR) is 155 cm³/mol. The first-order valence-electron chi connectivity index (χ1n) is 15.0. The van der Waals surface area contributed by atoms with Crippen LogP contribution in [0.5, 0.6) is 0 Å². The summed E-state index contributed by atoms with van der Waals surface area (Å²) in [5.74, 6) is -1.90. The van der Waals surface area contributed by atoms with Gasteiger partial charge in [0, 0.05) is 29.9 Å². The average molecular weight is 598 g/mol. The molecule has 2 aliphatic carbocycles. The van der Waals surface area contributed by atoms with Crippen LogP contribution in [0.1, 0.15) is 98.8 Å². The first kappa shape index (κ1) is 30.9. The lowest BCUT2D eigenvalue weighted by Crippen LogP contribution is -2.45. The van der Waals surface area contributed by atoms with Crippen molar-refractivity contribution in [3.8, 4) is 0 Å². The van der Waals surface area contributed by atoms with Crippen molar-refractivity contribution in [2.75, 3.05) is 6.54 Å². The van der Waals surface area contributed by atoms with Crippen molar-refractivity contribution in [3.63, 3.8) is 0 Å². The SMILES string of the molecule is CC(C)(C)C1CCC2(CC1)N=C(c1cccc(C(F)(F)F)c1)C(=O)C2C(c1ccc(C(=O)NCCC(=O)O)cn1)C1CC1. The fraction of sp³-hybridized carbons (Fsp3) is 0.545. The highest BCUT2D eigenvalue weighted by Gasteiger charge is 2.58. The van der Waals surface area contributed by atoms with Gasteiger partial charge < -0.3 is 10.4 Å². The molecule has 3 aliphatic rings. The van der Waals surface area contributed by atoms with Crippen molar-refractivity contribution in [1.82, 2.24) is 10.3 Å². The highest BCUT2D eigenvalue weighted by Crippen LogP contribution is 2.57. The molecule has 5 rings (SSSR count). The lowest BCUT2D eigenvalue weighted by atomic mass is 9.61. The van der Waals surface area contributed by atoms with Crippen LogP contribution in [0.2, 0.25) is 0 Å². The van der Waals surface area contributed by atoms with Gasteiger partial charge in [-0.2, -0.15) is 13.2 Å². The maximum absolute atomic E-state index is 14.4. The minimum atomic E-state index is -4.54. The maximum Gasteiger partial charge on any atom is 0.416 e. The number of aromatic nitrogens is 1. The van der Waals surface area contributed by atoms with E-state index in [0.717, 1.165) is 37.8 Å². The van der Waals surface area contributed by atoms with E-state index < -0.39 is 35.1 Å². The Bertz CT molecular complexity index is 1420. The number of alkyl halides is 3.